The third-order valence-electron chi connectivity index (χ3n) is 2.70. The maximum absolute atomic E-state index is 4.65. The first-order chi connectivity index (χ1) is 7.57. The van der Waals surface area contributed by atoms with Gasteiger partial charge in [-0.25, -0.2) is 4.98 Å². The van der Waals surface area contributed by atoms with Gasteiger partial charge in [-0.1, -0.05) is 20.8 Å². The van der Waals surface area contributed by atoms with Gasteiger partial charge in [0.05, 0.1) is 0 Å². The van der Waals surface area contributed by atoms with E-state index in [1.165, 1.54) is 18.0 Å². The molecule has 1 aliphatic heterocycles. The Morgan fingerprint density at radius 1 is 1.25 bits per heavy atom. The molecule has 5 heteroatoms. The topological polar surface area (TPSA) is 41.1 Å². The minimum Gasteiger partial charge on any atom is -0.346 e. The van der Waals surface area contributed by atoms with Crippen LogP contribution in [0.25, 0.3) is 0 Å². The summed E-state index contributed by atoms with van der Waals surface area (Å²) in [5, 5.41) is 4.48. The Morgan fingerprint density at radius 2 is 2.06 bits per heavy atom. The standard InChI is InChI=1S/C11H20N4S/c1-11(2,3)9-13-10(16-14-9)15-7-4-5-12-6-8-15/h12H,4-8H2,1-3H3. The number of rotatable bonds is 1. The lowest BCUT2D eigenvalue weighted by atomic mass is 9.96. The fourth-order valence-corrected chi connectivity index (χ4v) is 2.59. The molecule has 1 saturated heterocycles. The third kappa shape index (κ3) is 2.71. The lowest BCUT2D eigenvalue weighted by molar-refractivity contribution is 0.554. The molecule has 16 heavy (non-hydrogen) atoms. The van der Waals surface area contributed by atoms with E-state index in [2.05, 4.69) is 40.3 Å². The summed E-state index contributed by atoms with van der Waals surface area (Å²) >= 11 is 1.53. The fourth-order valence-electron chi connectivity index (χ4n) is 1.69. The van der Waals surface area contributed by atoms with E-state index in [0.29, 0.717) is 0 Å². The van der Waals surface area contributed by atoms with Crippen molar-refractivity contribution >= 4 is 16.7 Å². The largest absolute Gasteiger partial charge is 0.346 e. The van der Waals surface area contributed by atoms with E-state index < -0.39 is 0 Å². The number of nitrogens with zero attached hydrogens (tertiary/aromatic N) is 3. The van der Waals surface area contributed by atoms with Crippen molar-refractivity contribution in [2.45, 2.75) is 32.6 Å². The number of hydrogen-bond acceptors (Lipinski definition) is 5. The van der Waals surface area contributed by atoms with Crippen LogP contribution < -0.4 is 10.2 Å². The van der Waals surface area contributed by atoms with Gasteiger partial charge in [0, 0.05) is 36.6 Å². The smallest absolute Gasteiger partial charge is 0.205 e. The van der Waals surface area contributed by atoms with E-state index in [-0.39, 0.29) is 5.41 Å². The second-order valence-electron chi connectivity index (χ2n) is 5.24. The van der Waals surface area contributed by atoms with Crippen molar-refractivity contribution < 1.29 is 0 Å². The fraction of sp³-hybridized carbons (Fsp3) is 0.818. The molecule has 0 spiro atoms. The van der Waals surface area contributed by atoms with E-state index in [4.69, 9.17) is 0 Å². The molecule has 4 nitrogen and oxygen atoms in total. The molecular formula is C11H20N4S. The van der Waals surface area contributed by atoms with Crippen molar-refractivity contribution in [3.63, 3.8) is 0 Å². The van der Waals surface area contributed by atoms with Crippen molar-refractivity contribution in [2.24, 2.45) is 0 Å². The van der Waals surface area contributed by atoms with Gasteiger partial charge in [-0.15, -0.1) is 0 Å². The molecule has 1 N–H and O–H groups in total. The molecule has 0 radical (unpaired) electrons. The third-order valence-corrected chi connectivity index (χ3v) is 3.47. The normalized spacial score (nSPS) is 18.6. The zero-order valence-corrected chi connectivity index (χ0v) is 11.1. The zero-order chi connectivity index (χ0) is 11.6. The Hall–Kier alpha value is -0.680. The van der Waals surface area contributed by atoms with Gasteiger partial charge in [0.25, 0.3) is 0 Å². The summed E-state index contributed by atoms with van der Waals surface area (Å²) < 4.78 is 4.46. The van der Waals surface area contributed by atoms with Gasteiger partial charge < -0.3 is 10.2 Å². The van der Waals surface area contributed by atoms with Crippen molar-refractivity contribution in [1.29, 1.82) is 0 Å². The molecule has 1 aromatic heterocycles. The number of aromatic nitrogens is 2. The number of nitrogens with one attached hydrogen (secondary N) is 1. The molecule has 2 heterocycles. The zero-order valence-electron chi connectivity index (χ0n) is 10.3. The Balaban J connectivity index is 2.11. The summed E-state index contributed by atoms with van der Waals surface area (Å²) in [5.41, 5.74) is 0.0544. The Kier molecular flexibility index (Phi) is 3.44. The molecule has 0 bridgehead atoms. The van der Waals surface area contributed by atoms with Gasteiger partial charge in [0.2, 0.25) is 5.13 Å². The first kappa shape index (κ1) is 11.8. The minimum absolute atomic E-state index is 0.0544. The van der Waals surface area contributed by atoms with Crippen molar-refractivity contribution in [1.82, 2.24) is 14.7 Å². The van der Waals surface area contributed by atoms with E-state index in [9.17, 15) is 0 Å². The van der Waals surface area contributed by atoms with Crippen molar-refractivity contribution in [3.8, 4) is 0 Å². The lowest BCUT2D eigenvalue weighted by Gasteiger charge is -2.18. The molecule has 1 aliphatic rings. The highest BCUT2D eigenvalue weighted by Gasteiger charge is 2.21. The second-order valence-corrected chi connectivity index (χ2v) is 5.97. The monoisotopic (exact) mass is 240 g/mol. The van der Waals surface area contributed by atoms with E-state index >= 15 is 0 Å². The molecular weight excluding hydrogens is 220 g/mol. The number of anilines is 1. The van der Waals surface area contributed by atoms with E-state index in [1.54, 1.807) is 0 Å². The summed E-state index contributed by atoms with van der Waals surface area (Å²) in [6.07, 6.45) is 1.18. The van der Waals surface area contributed by atoms with Crippen LogP contribution in [-0.2, 0) is 5.41 Å². The van der Waals surface area contributed by atoms with Crippen molar-refractivity contribution in [3.05, 3.63) is 5.82 Å². The lowest BCUT2D eigenvalue weighted by Crippen LogP contribution is -2.27. The van der Waals surface area contributed by atoms with E-state index in [0.717, 1.165) is 37.1 Å². The SMILES string of the molecule is CC(C)(C)c1nsc(N2CCCNCC2)n1. The quantitative estimate of drug-likeness (QED) is 0.810. The predicted octanol–water partition coefficient (Wildman–Crippen LogP) is 1.64. The maximum Gasteiger partial charge on any atom is 0.205 e. The Morgan fingerprint density at radius 3 is 2.75 bits per heavy atom. The van der Waals surface area contributed by atoms with Gasteiger partial charge >= 0.3 is 0 Å². The van der Waals surface area contributed by atoms with Gasteiger partial charge in [-0.3, -0.25) is 0 Å². The van der Waals surface area contributed by atoms with Gasteiger partial charge in [0.15, 0.2) is 0 Å². The molecule has 0 atom stereocenters. The van der Waals surface area contributed by atoms with Crippen LogP contribution in [0, 0.1) is 0 Å². The van der Waals surface area contributed by atoms with Crippen LogP contribution in [0.15, 0.2) is 0 Å². The van der Waals surface area contributed by atoms with Crippen LogP contribution >= 0.6 is 11.5 Å². The number of hydrogen-bond donors (Lipinski definition) is 1. The van der Waals surface area contributed by atoms with Crippen molar-refractivity contribution in [2.75, 3.05) is 31.1 Å². The van der Waals surface area contributed by atoms with Crippen LogP contribution in [0.2, 0.25) is 0 Å². The molecule has 2 rings (SSSR count). The van der Waals surface area contributed by atoms with Crippen LogP contribution in [0.1, 0.15) is 33.0 Å². The van der Waals surface area contributed by atoms with Gasteiger partial charge in [-0.2, -0.15) is 4.37 Å². The average Bonchev–Trinajstić information content (AvgIpc) is 2.55. The van der Waals surface area contributed by atoms with Gasteiger partial charge in [-0.05, 0) is 13.0 Å². The molecule has 0 amide bonds. The van der Waals surface area contributed by atoms with Crippen LogP contribution in [0.5, 0.6) is 0 Å². The average molecular weight is 240 g/mol. The highest BCUT2D eigenvalue weighted by atomic mass is 32.1. The Bertz CT molecular complexity index is 334. The van der Waals surface area contributed by atoms with Crippen LogP contribution in [-0.4, -0.2) is 35.5 Å². The minimum atomic E-state index is 0.0544. The summed E-state index contributed by atoms with van der Waals surface area (Å²) in [6.45, 7) is 10.8. The highest BCUT2D eigenvalue weighted by Crippen LogP contribution is 2.25. The molecule has 90 valence electrons. The molecule has 0 aromatic carbocycles. The second kappa shape index (κ2) is 4.67. The molecule has 1 aromatic rings. The predicted molar refractivity (Wildman–Crippen MR) is 68.3 cm³/mol. The molecule has 0 saturated carbocycles. The van der Waals surface area contributed by atoms with Gasteiger partial charge in [0.1, 0.15) is 5.82 Å². The molecule has 0 unspecified atom stereocenters. The molecule has 1 fully saturated rings. The molecule has 0 aliphatic carbocycles. The first-order valence-corrected chi connectivity index (χ1v) is 6.64. The van der Waals surface area contributed by atoms with E-state index in [1.807, 2.05) is 0 Å². The highest BCUT2D eigenvalue weighted by molar-refractivity contribution is 7.09. The maximum atomic E-state index is 4.65. The first-order valence-electron chi connectivity index (χ1n) is 5.87. The Labute approximate surface area is 101 Å². The van der Waals surface area contributed by atoms with Crippen LogP contribution in [0.4, 0.5) is 5.13 Å². The summed E-state index contributed by atoms with van der Waals surface area (Å²) in [6, 6.07) is 0. The van der Waals surface area contributed by atoms with Crippen LogP contribution in [0.3, 0.4) is 0 Å². The summed E-state index contributed by atoms with van der Waals surface area (Å²) in [7, 11) is 0. The summed E-state index contributed by atoms with van der Waals surface area (Å²) in [4.78, 5) is 6.99. The summed E-state index contributed by atoms with van der Waals surface area (Å²) in [5.74, 6) is 0.963.